The molecule has 0 aliphatic carbocycles. The van der Waals surface area contributed by atoms with Crippen molar-refractivity contribution in [3.05, 3.63) is 0 Å². The molecule has 1 aliphatic heterocycles. The van der Waals surface area contributed by atoms with E-state index in [2.05, 4.69) is 31.1 Å². The Morgan fingerprint density at radius 1 is 1.36 bits per heavy atom. The van der Waals surface area contributed by atoms with Gasteiger partial charge in [0, 0.05) is 11.6 Å². The summed E-state index contributed by atoms with van der Waals surface area (Å²) in [5.74, 6) is 0.675. The van der Waals surface area contributed by atoms with Crippen molar-refractivity contribution in [3.8, 4) is 0 Å². The molecular weight excluding hydrogens is 174 g/mol. The van der Waals surface area contributed by atoms with Crippen molar-refractivity contribution in [3.63, 3.8) is 0 Å². The molecule has 0 spiro atoms. The van der Waals surface area contributed by atoms with E-state index in [4.69, 9.17) is 5.73 Å². The second kappa shape index (κ2) is 4.60. The number of nitrogens with two attached hydrogens (primary N) is 1. The lowest BCUT2D eigenvalue weighted by Gasteiger charge is -2.40. The molecule has 0 amide bonds. The molecule has 1 rings (SSSR count). The first-order chi connectivity index (χ1) is 6.47. The molecule has 0 aromatic rings. The van der Waals surface area contributed by atoms with E-state index >= 15 is 0 Å². The van der Waals surface area contributed by atoms with E-state index < -0.39 is 0 Å². The van der Waals surface area contributed by atoms with Crippen LogP contribution in [-0.2, 0) is 0 Å². The van der Waals surface area contributed by atoms with E-state index in [1.807, 2.05) is 7.05 Å². The maximum Gasteiger partial charge on any atom is 0.0276 e. The predicted octanol–water partition coefficient (Wildman–Crippen LogP) is 0.654. The number of piperidine rings is 1. The summed E-state index contributed by atoms with van der Waals surface area (Å²) in [7, 11) is 4.18. The molecule has 1 heterocycles. The van der Waals surface area contributed by atoms with Crippen molar-refractivity contribution in [1.29, 1.82) is 0 Å². The van der Waals surface area contributed by atoms with Gasteiger partial charge in [0.15, 0.2) is 0 Å². The molecule has 1 fully saturated rings. The van der Waals surface area contributed by atoms with Gasteiger partial charge in [-0.25, -0.2) is 0 Å². The van der Waals surface area contributed by atoms with Gasteiger partial charge < -0.3 is 16.0 Å². The number of rotatable bonds is 3. The van der Waals surface area contributed by atoms with Gasteiger partial charge in [-0.1, -0.05) is 0 Å². The Bertz CT molecular complexity index is 171. The highest BCUT2D eigenvalue weighted by Crippen LogP contribution is 2.24. The van der Waals surface area contributed by atoms with Gasteiger partial charge in [-0.3, -0.25) is 0 Å². The maximum atomic E-state index is 6.30. The lowest BCUT2D eigenvalue weighted by molar-refractivity contribution is 0.160. The number of hydrogen-bond acceptors (Lipinski definition) is 3. The second-order valence-electron chi connectivity index (χ2n) is 5.14. The third-order valence-corrected chi connectivity index (χ3v) is 3.75. The van der Waals surface area contributed by atoms with E-state index in [1.165, 1.54) is 25.9 Å². The van der Waals surface area contributed by atoms with Crippen LogP contribution in [0.4, 0.5) is 0 Å². The lowest BCUT2D eigenvalue weighted by Crippen LogP contribution is -2.57. The molecule has 3 nitrogen and oxygen atoms in total. The van der Waals surface area contributed by atoms with Crippen LogP contribution < -0.4 is 11.1 Å². The van der Waals surface area contributed by atoms with Crippen LogP contribution in [0.15, 0.2) is 0 Å². The number of likely N-dealkylation sites (N-methyl/N-ethyl adjacent to an activating group) is 1. The number of nitrogens with zero attached hydrogens (tertiary/aromatic N) is 1. The molecule has 0 radical (unpaired) electrons. The lowest BCUT2D eigenvalue weighted by atomic mass is 9.80. The smallest absolute Gasteiger partial charge is 0.0276 e. The summed E-state index contributed by atoms with van der Waals surface area (Å²) in [6.07, 6.45) is 2.48. The van der Waals surface area contributed by atoms with Crippen molar-refractivity contribution in [2.75, 3.05) is 27.2 Å². The van der Waals surface area contributed by atoms with E-state index in [1.54, 1.807) is 0 Å². The highest BCUT2D eigenvalue weighted by atomic mass is 15.1. The summed E-state index contributed by atoms with van der Waals surface area (Å²) in [6.45, 7) is 6.77. The average molecular weight is 199 g/mol. The summed E-state index contributed by atoms with van der Waals surface area (Å²) in [4.78, 5) is 2.38. The van der Waals surface area contributed by atoms with Crippen molar-refractivity contribution in [2.24, 2.45) is 11.7 Å². The first-order valence-electron chi connectivity index (χ1n) is 5.60. The molecule has 0 bridgehead atoms. The van der Waals surface area contributed by atoms with Gasteiger partial charge in [-0.05, 0) is 59.8 Å². The van der Waals surface area contributed by atoms with Crippen molar-refractivity contribution in [1.82, 2.24) is 10.2 Å². The molecule has 84 valence electrons. The topological polar surface area (TPSA) is 41.3 Å². The normalized spacial score (nSPS) is 23.8. The van der Waals surface area contributed by atoms with Gasteiger partial charge in [0.25, 0.3) is 0 Å². The van der Waals surface area contributed by atoms with Gasteiger partial charge in [0.05, 0.1) is 0 Å². The molecule has 1 aliphatic rings. The molecule has 0 aromatic heterocycles. The fourth-order valence-electron chi connectivity index (χ4n) is 2.14. The fraction of sp³-hybridized carbons (Fsp3) is 1.00. The minimum atomic E-state index is 0.0561. The zero-order chi connectivity index (χ0) is 10.8. The Kier molecular flexibility index (Phi) is 3.93. The molecule has 1 atom stereocenters. The minimum absolute atomic E-state index is 0.0561. The number of hydrogen-bond donors (Lipinski definition) is 2. The summed E-state index contributed by atoms with van der Waals surface area (Å²) >= 11 is 0. The summed E-state index contributed by atoms with van der Waals surface area (Å²) in [5.41, 5.74) is 6.36. The van der Waals surface area contributed by atoms with Crippen molar-refractivity contribution in [2.45, 2.75) is 38.3 Å². The first kappa shape index (κ1) is 12.0. The van der Waals surface area contributed by atoms with Gasteiger partial charge in [0.1, 0.15) is 0 Å². The fourth-order valence-corrected chi connectivity index (χ4v) is 2.14. The Hall–Kier alpha value is -0.120. The van der Waals surface area contributed by atoms with E-state index in [9.17, 15) is 0 Å². The zero-order valence-corrected chi connectivity index (χ0v) is 10.0. The van der Waals surface area contributed by atoms with E-state index in [0.717, 1.165) is 0 Å². The molecular formula is C11H25N3. The molecule has 3 heteroatoms. The van der Waals surface area contributed by atoms with Crippen molar-refractivity contribution < 1.29 is 0 Å². The molecule has 1 unspecified atom stereocenters. The largest absolute Gasteiger partial charge is 0.326 e. The van der Waals surface area contributed by atoms with Crippen LogP contribution in [-0.4, -0.2) is 43.7 Å². The van der Waals surface area contributed by atoms with Crippen LogP contribution in [0.1, 0.15) is 26.7 Å². The van der Waals surface area contributed by atoms with Crippen LogP contribution in [0.5, 0.6) is 0 Å². The first-order valence-corrected chi connectivity index (χ1v) is 5.60. The quantitative estimate of drug-likeness (QED) is 0.701. The average Bonchev–Trinajstić information content (AvgIpc) is 2.18. The molecule has 3 N–H and O–H groups in total. The molecule has 0 saturated carbocycles. The van der Waals surface area contributed by atoms with Gasteiger partial charge in [-0.2, -0.15) is 0 Å². The van der Waals surface area contributed by atoms with Gasteiger partial charge in [-0.15, -0.1) is 0 Å². The highest BCUT2D eigenvalue weighted by Gasteiger charge is 2.32. The van der Waals surface area contributed by atoms with Gasteiger partial charge in [0.2, 0.25) is 0 Å². The molecule has 1 saturated heterocycles. The maximum absolute atomic E-state index is 6.30. The number of nitrogens with one attached hydrogen (secondary N) is 1. The molecule has 0 aromatic carbocycles. The third kappa shape index (κ3) is 2.69. The summed E-state index contributed by atoms with van der Waals surface area (Å²) in [5, 5.41) is 3.31. The van der Waals surface area contributed by atoms with Crippen LogP contribution in [0.3, 0.4) is 0 Å². The standard InChI is InChI=1S/C11H25N3/c1-11(2,13-3)10(12)9-5-7-14(4)8-6-9/h9-10,13H,5-8,12H2,1-4H3. The second-order valence-corrected chi connectivity index (χ2v) is 5.14. The predicted molar refractivity (Wildman–Crippen MR) is 61.3 cm³/mol. The van der Waals surface area contributed by atoms with Gasteiger partial charge >= 0.3 is 0 Å². The Labute approximate surface area is 88.0 Å². The van der Waals surface area contributed by atoms with Crippen LogP contribution >= 0.6 is 0 Å². The van der Waals surface area contributed by atoms with Crippen LogP contribution in [0, 0.1) is 5.92 Å². The van der Waals surface area contributed by atoms with Crippen LogP contribution in [0.25, 0.3) is 0 Å². The van der Waals surface area contributed by atoms with E-state index in [-0.39, 0.29) is 11.6 Å². The molecule has 14 heavy (non-hydrogen) atoms. The van der Waals surface area contributed by atoms with E-state index in [0.29, 0.717) is 5.92 Å². The Morgan fingerprint density at radius 2 is 1.86 bits per heavy atom. The monoisotopic (exact) mass is 199 g/mol. The minimum Gasteiger partial charge on any atom is -0.326 e. The SMILES string of the molecule is CNC(C)(C)C(N)C1CCN(C)CC1. The highest BCUT2D eigenvalue weighted by molar-refractivity contribution is 4.93. The Balaban J connectivity index is 2.49. The summed E-state index contributed by atoms with van der Waals surface area (Å²) < 4.78 is 0. The Morgan fingerprint density at radius 3 is 2.29 bits per heavy atom. The summed E-state index contributed by atoms with van der Waals surface area (Å²) in [6, 6.07) is 0.265. The van der Waals surface area contributed by atoms with Crippen molar-refractivity contribution >= 4 is 0 Å². The zero-order valence-electron chi connectivity index (χ0n) is 10.0. The van der Waals surface area contributed by atoms with Crippen LogP contribution in [0.2, 0.25) is 0 Å². The third-order valence-electron chi connectivity index (χ3n) is 3.75. The number of likely N-dealkylation sites (tertiary alicyclic amines) is 1.